The minimum absolute atomic E-state index is 0.153. The fourth-order valence-electron chi connectivity index (χ4n) is 4.14. The molecule has 4 aromatic heterocycles. The molecule has 0 radical (unpaired) electrons. The molecule has 0 aliphatic carbocycles. The van der Waals surface area contributed by atoms with Crippen LogP contribution in [0.5, 0.6) is 0 Å². The van der Waals surface area contributed by atoms with Gasteiger partial charge in [-0.25, -0.2) is 14.4 Å². The summed E-state index contributed by atoms with van der Waals surface area (Å²) in [5.41, 5.74) is 5.05. The Hall–Kier alpha value is -3.33. The average Bonchev–Trinajstić information content (AvgIpc) is 3.38. The highest BCUT2D eigenvalue weighted by Crippen LogP contribution is 2.38. The molecule has 9 heteroatoms. The number of aromatic nitrogens is 6. The van der Waals surface area contributed by atoms with Gasteiger partial charge in [-0.2, -0.15) is 10.2 Å². The molecule has 1 aliphatic rings. The number of ether oxygens (including phenoxy) is 1. The summed E-state index contributed by atoms with van der Waals surface area (Å²) in [5.74, 6) is 0.346. The van der Waals surface area contributed by atoms with Crippen LogP contribution in [0.15, 0.2) is 24.5 Å². The van der Waals surface area contributed by atoms with Gasteiger partial charge in [-0.15, -0.1) is 0 Å². The molecule has 30 heavy (non-hydrogen) atoms. The van der Waals surface area contributed by atoms with Crippen LogP contribution < -0.4 is 4.90 Å². The Balaban J connectivity index is 1.86. The number of aryl methyl sites for hydroxylation is 2. The number of halogens is 1. The van der Waals surface area contributed by atoms with Crippen LogP contribution in [-0.4, -0.2) is 56.2 Å². The maximum absolute atomic E-state index is 15.2. The van der Waals surface area contributed by atoms with E-state index in [1.165, 1.54) is 6.20 Å². The predicted octanol–water partition coefficient (Wildman–Crippen LogP) is 3.39. The number of aromatic amines is 2. The Bertz CT molecular complexity index is 1200. The molecule has 1 fully saturated rings. The van der Waals surface area contributed by atoms with Gasteiger partial charge in [-0.3, -0.25) is 10.2 Å². The molecule has 1 saturated heterocycles. The molecule has 8 nitrogen and oxygen atoms in total. The monoisotopic (exact) mass is 407 g/mol. The van der Waals surface area contributed by atoms with Crippen molar-refractivity contribution in [2.75, 3.05) is 24.7 Å². The van der Waals surface area contributed by atoms with Crippen LogP contribution in [0.4, 0.5) is 10.2 Å². The van der Waals surface area contributed by atoms with Crippen LogP contribution in [-0.2, 0) is 4.74 Å². The van der Waals surface area contributed by atoms with Crippen molar-refractivity contribution in [2.24, 2.45) is 0 Å². The first kappa shape index (κ1) is 18.7. The number of hydrogen-bond acceptors (Lipinski definition) is 6. The summed E-state index contributed by atoms with van der Waals surface area (Å²) in [5, 5.41) is 14.7. The van der Waals surface area contributed by atoms with E-state index in [0.29, 0.717) is 42.0 Å². The van der Waals surface area contributed by atoms with Crippen molar-refractivity contribution in [3.63, 3.8) is 0 Å². The highest BCUT2D eigenvalue weighted by molar-refractivity contribution is 6.02. The molecular formula is C21H22FN7O. The zero-order valence-electron chi connectivity index (χ0n) is 17.0. The minimum atomic E-state index is -0.419. The number of H-pyrrole nitrogens is 2. The summed E-state index contributed by atoms with van der Waals surface area (Å²) >= 11 is 0. The van der Waals surface area contributed by atoms with Gasteiger partial charge in [0.1, 0.15) is 17.0 Å². The third kappa shape index (κ3) is 2.93. The Morgan fingerprint density at radius 1 is 1.27 bits per heavy atom. The number of nitrogens with zero attached hydrogens (tertiary/aromatic N) is 5. The van der Waals surface area contributed by atoms with Gasteiger partial charge in [0.15, 0.2) is 5.82 Å². The molecule has 4 aromatic rings. The number of morpholine rings is 1. The Kier molecular flexibility index (Phi) is 4.47. The third-order valence-corrected chi connectivity index (χ3v) is 5.59. The molecule has 0 unspecified atom stereocenters. The lowest BCUT2D eigenvalue weighted by Crippen LogP contribution is -2.44. The van der Waals surface area contributed by atoms with E-state index < -0.39 is 5.82 Å². The fourth-order valence-corrected chi connectivity index (χ4v) is 4.14. The molecule has 0 amide bonds. The topological polar surface area (TPSA) is 95.6 Å². The second-order valence-corrected chi connectivity index (χ2v) is 7.60. The van der Waals surface area contributed by atoms with E-state index in [0.717, 1.165) is 28.3 Å². The maximum atomic E-state index is 15.2. The van der Waals surface area contributed by atoms with Crippen LogP contribution in [0.1, 0.15) is 18.3 Å². The Morgan fingerprint density at radius 3 is 2.83 bits per heavy atom. The molecule has 5 rings (SSSR count). The van der Waals surface area contributed by atoms with Gasteiger partial charge < -0.3 is 9.64 Å². The fraction of sp³-hybridized carbons (Fsp3) is 0.333. The van der Waals surface area contributed by atoms with E-state index >= 15 is 4.39 Å². The first-order chi connectivity index (χ1) is 14.5. The van der Waals surface area contributed by atoms with E-state index in [1.807, 2.05) is 19.9 Å². The van der Waals surface area contributed by atoms with E-state index in [4.69, 9.17) is 9.72 Å². The lowest BCUT2D eigenvalue weighted by Gasteiger charge is -2.34. The van der Waals surface area contributed by atoms with Gasteiger partial charge in [-0.05, 0) is 32.9 Å². The van der Waals surface area contributed by atoms with Gasteiger partial charge in [0.2, 0.25) is 0 Å². The van der Waals surface area contributed by atoms with Crippen molar-refractivity contribution >= 4 is 16.7 Å². The quantitative estimate of drug-likeness (QED) is 0.541. The number of hydrogen-bond donors (Lipinski definition) is 2. The molecule has 1 atom stereocenters. The Labute approximate surface area is 172 Å². The Morgan fingerprint density at radius 2 is 2.13 bits per heavy atom. The summed E-state index contributed by atoms with van der Waals surface area (Å²) in [6.07, 6.45) is 2.89. The predicted molar refractivity (Wildman–Crippen MR) is 112 cm³/mol. The maximum Gasteiger partial charge on any atom is 0.151 e. The van der Waals surface area contributed by atoms with Crippen LogP contribution in [0.3, 0.4) is 0 Å². The van der Waals surface area contributed by atoms with Crippen molar-refractivity contribution in [1.29, 1.82) is 0 Å². The first-order valence-electron chi connectivity index (χ1n) is 9.90. The number of fused-ring (bicyclic) bond motifs is 1. The zero-order chi connectivity index (χ0) is 20.8. The smallest absolute Gasteiger partial charge is 0.151 e. The number of rotatable bonds is 3. The first-order valence-corrected chi connectivity index (χ1v) is 9.90. The van der Waals surface area contributed by atoms with Crippen LogP contribution >= 0.6 is 0 Å². The van der Waals surface area contributed by atoms with Crippen LogP contribution in [0.2, 0.25) is 0 Å². The van der Waals surface area contributed by atoms with Gasteiger partial charge in [-0.1, -0.05) is 0 Å². The lowest BCUT2D eigenvalue weighted by atomic mass is 9.98. The zero-order valence-corrected chi connectivity index (χ0v) is 17.0. The molecule has 0 saturated carbocycles. The van der Waals surface area contributed by atoms with Crippen molar-refractivity contribution in [3.05, 3.63) is 41.7 Å². The summed E-state index contributed by atoms with van der Waals surface area (Å²) in [6.45, 7) is 7.90. The SMILES string of the molecule is Cc1n[nH]c(C)c1-c1cc(N2CCOC[C@H]2C)nc2c(-c3ccn[nH]3)ncc(F)c12. The second kappa shape index (κ2) is 7.17. The lowest BCUT2D eigenvalue weighted by molar-refractivity contribution is 0.0986. The van der Waals surface area contributed by atoms with Crippen LogP contribution in [0, 0.1) is 19.7 Å². The van der Waals surface area contributed by atoms with Gasteiger partial charge >= 0.3 is 0 Å². The molecule has 1 aliphatic heterocycles. The van der Waals surface area contributed by atoms with E-state index in [2.05, 4.69) is 37.2 Å². The van der Waals surface area contributed by atoms with Crippen molar-refractivity contribution in [1.82, 2.24) is 30.4 Å². The highest BCUT2D eigenvalue weighted by atomic mass is 19.1. The standard InChI is InChI=1S/C21H22FN7O/c1-11-10-30-7-6-29(11)17-8-14(18-12(2)26-27-13(18)3)19-15(22)9-23-20(21(19)25-17)16-4-5-24-28-16/h4-5,8-9,11H,6-7,10H2,1-3H3,(H,24,28)(H,26,27)/t11-/m1/s1. The normalized spacial score (nSPS) is 17.1. The molecule has 2 N–H and O–H groups in total. The molecular weight excluding hydrogens is 385 g/mol. The van der Waals surface area contributed by atoms with Crippen molar-refractivity contribution in [3.8, 4) is 22.5 Å². The molecule has 0 bridgehead atoms. The average molecular weight is 407 g/mol. The van der Waals surface area contributed by atoms with E-state index in [-0.39, 0.29) is 6.04 Å². The number of anilines is 1. The third-order valence-electron chi connectivity index (χ3n) is 5.59. The minimum Gasteiger partial charge on any atom is -0.377 e. The van der Waals surface area contributed by atoms with Crippen molar-refractivity contribution in [2.45, 2.75) is 26.8 Å². The summed E-state index contributed by atoms with van der Waals surface area (Å²) in [4.78, 5) is 11.4. The highest BCUT2D eigenvalue weighted by Gasteiger charge is 2.25. The van der Waals surface area contributed by atoms with Crippen LogP contribution in [0.25, 0.3) is 33.4 Å². The molecule has 0 aromatic carbocycles. The van der Waals surface area contributed by atoms with Gasteiger partial charge in [0, 0.05) is 34.9 Å². The van der Waals surface area contributed by atoms with Gasteiger partial charge in [0.05, 0.1) is 36.8 Å². The van der Waals surface area contributed by atoms with E-state index in [1.54, 1.807) is 12.3 Å². The number of nitrogens with one attached hydrogen (secondary N) is 2. The van der Waals surface area contributed by atoms with Crippen molar-refractivity contribution < 1.29 is 9.13 Å². The second-order valence-electron chi connectivity index (χ2n) is 7.60. The van der Waals surface area contributed by atoms with Gasteiger partial charge in [0.25, 0.3) is 0 Å². The largest absolute Gasteiger partial charge is 0.377 e. The molecule has 154 valence electrons. The summed E-state index contributed by atoms with van der Waals surface area (Å²) in [7, 11) is 0. The summed E-state index contributed by atoms with van der Waals surface area (Å²) < 4.78 is 20.8. The number of pyridine rings is 2. The molecule has 5 heterocycles. The van der Waals surface area contributed by atoms with E-state index in [9.17, 15) is 0 Å². The summed E-state index contributed by atoms with van der Waals surface area (Å²) in [6, 6.07) is 3.91. The molecule has 0 spiro atoms.